The number of carbonyl (C=O) groups is 1. The topological polar surface area (TPSA) is 94.0 Å². The lowest BCUT2D eigenvalue weighted by atomic mass is 10.1. The zero-order valence-corrected chi connectivity index (χ0v) is 19.5. The number of carbonyl (C=O) groups excluding carboxylic acids is 1. The maximum atomic E-state index is 12.9. The molecule has 1 amide bonds. The fourth-order valence-electron chi connectivity index (χ4n) is 3.95. The number of pyridine rings is 1. The monoisotopic (exact) mass is 500 g/mol. The second-order valence-electron chi connectivity index (χ2n) is 7.88. The highest BCUT2D eigenvalue weighted by atomic mass is 35.5. The minimum Gasteiger partial charge on any atom is -0.348 e. The van der Waals surface area contributed by atoms with Gasteiger partial charge in [-0.25, -0.2) is 18.1 Å². The average Bonchev–Trinajstić information content (AvgIpc) is 3.33. The average molecular weight is 501 g/mol. The predicted octanol–water partition coefficient (Wildman–Crippen LogP) is 4.31. The number of nitrogens with one attached hydrogen (secondary N) is 1. The van der Waals surface area contributed by atoms with Crippen molar-refractivity contribution in [2.24, 2.45) is 0 Å². The van der Waals surface area contributed by atoms with Crippen LogP contribution in [0.15, 0.2) is 60.8 Å². The zero-order valence-electron chi connectivity index (χ0n) is 17.2. The van der Waals surface area contributed by atoms with E-state index in [1.807, 2.05) is 24.3 Å². The molecule has 0 unspecified atom stereocenters. The van der Waals surface area contributed by atoms with Crippen LogP contribution in [0.2, 0.25) is 10.0 Å². The van der Waals surface area contributed by atoms with E-state index in [0.29, 0.717) is 39.1 Å². The van der Waals surface area contributed by atoms with Gasteiger partial charge in [0.25, 0.3) is 5.91 Å². The minimum atomic E-state index is -3.10. The van der Waals surface area contributed by atoms with Crippen molar-refractivity contribution < 1.29 is 13.2 Å². The summed E-state index contributed by atoms with van der Waals surface area (Å²) >= 11 is 12.4. The molecule has 1 aliphatic heterocycles. The van der Waals surface area contributed by atoms with Gasteiger partial charge >= 0.3 is 0 Å². The third-order valence-electron chi connectivity index (χ3n) is 5.57. The molecule has 4 aromatic rings. The number of amides is 1. The summed E-state index contributed by atoms with van der Waals surface area (Å²) in [7, 11) is -3.10. The number of fused-ring (bicyclic) bond motifs is 1. The maximum Gasteiger partial charge on any atom is 0.251 e. The number of hydrogen-bond acceptors (Lipinski definition) is 5. The largest absolute Gasteiger partial charge is 0.348 e. The summed E-state index contributed by atoms with van der Waals surface area (Å²) in [4.78, 5) is 17.3. The Bertz CT molecular complexity index is 1480. The van der Waals surface area contributed by atoms with Crippen LogP contribution in [-0.2, 0) is 9.84 Å². The standard InChI is InChI=1S/C23H18Cl2N4O3S/c24-15-6-8-21(26-12-15)29-20-11-14(23(30)27-16-9-10-33(31,32)13-16)5-7-18(20)22(28-29)17-3-1-2-4-19(17)25/h1-8,11-12,16H,9-10,13H2,(H,27,30)/t16-/m1/s1. The van der Waals surface area contributed by atoms with Gasteiger partial charge in [0.05, 0.1) is 27.1 Å². The molecule has 3 heterocycles. The Balaban J connectivity index is 1.60. The molecule has 1 saturated heterocycles. The summed E-state index contributed by atoms with van der Waals surface area (Å²) < 4.78 is 25.1. The first-order chi connectivity index (χ1) is 15.8. The summed E-state index contributed by atoms with van der Waals surface area (Å²) in [5, 5.41) is 9.42. The highest BCUT2D eigenvalue weighted by molar-refractivity contribution is 7.91. The summed E-state index contributed by atoms with van der Waals surface area (Å²) in [6.07, 6.45) is 1.94. The molecule has 5 rings (SSSR count). The number of halogens is 2. The van der Waals surface area contributed by atoms with Crippen molar-refractivity contribution >= 4 is 49.8 Å². The molecule has 2 aromatic heterocycles. The second kappa shape index (κ2) is 8.44. The molecule has 0 bridgehead atoms. The van der Waals surface area contributed by atoms with Gasteiger partial charge in [0.1, 0.15) is 5.69 Å². The molecule has 168 valence electrons. The predicted molar refractivity (Wildman–Crippen MR) is 129 cm³/mol. The van der Waals surface area contributed by atoms with E-state index in [0.717, 1.165) is 10.9 Å². The molecular formula is C23H18Cl2N4O3S. The molecule has 7 nitrogen and oxygen atoms in total. The molecule has 0 spiro atoms. The molecule has 1 atom stereocenters. The Labute approximate surface area is 200 Å². The van der Waals surface area contributed by atoms with Crippen molar-refractivity contribution in [2.75, 3.05) is 11.5 Å². The quantitative estimate of drug-likeness (QED) is 0.450. The molecule has 33 heavy (non-hydrogen) atoms. The van der Waals surface area contributed by atoms with E-state index in [-0.39, 0.29) is 23.5 Å². The SMILES string of the molecule is O=C(N[C@@H]1CCS(=O)(=O)C1)c1ccc2c(-c3ccccc3Cl)nn(-c3ccc(Cl)cn3)c2c1. The molecule has 10 heteroatoms. The van der Waals surface area contributed by atoms with Crippen molar-refractivity contribution in [2.45, 2.75) is 12.5 Å². The number of nitrogens with zero attached hydrogens (tertiary/aromatic N) is 3. The second-order valence-corrected chi connectivity index (χ2v) is 11.0. The van der Waals surface area contributed by atoms with Crippen molar-refractivity contribution in [1.29, 1.82) is 0 Å². The molecule has 0 saturated carbocycles. The number of aromatic nitrogens is 3. The van der Waals surface area contributed by atoms with Crippen LogP contribution in [0.1, 0.15) is 16.8 Å². The first-order valence-corrected chi connectivity index (χ1v) is 12.8. The van der Waals surface area contributed by atoms with Crippen LogP contribution in [0.25, 0.3) is 28.0 Å². The van der Waals surface area contributed by atoms with Gasteiger partial charge in [-0.2, -0.15) is 5.10 Å². The Morgan fingerprint density at radius 1 is 1.09 bits per heavy atom. The summed E-state index contributed by atoms with van der Waals surface area (Å²) in [6.45, 7) is 0. The van der Waals surface area contributed by atoms with Gasteiger partial charge in [-0.15, -0.1) is 0 Å². The van der Waals surface area contributed by atoms with Gasteiger partial charge in [-0.05, 0) is 42.8 Å². The third-order valence-corrected chi connectivity index (χ3v) is 7.89. The van der Waals surface area contributed by atoms with E-state index in [2.05, 4.69) is 10.3 Å². The highest BCUT2D eigenvalue weighted by Crippen LogP contribution is 2.34. The summed E-state index contributed by atoms with van der Waals surface area (Å²) in [5.74, 6) is 0.245. The number of sulfone groups is 1. The minimum absolute atomic E-state index is 0.0374. The molecular weight excluding hydrogens is 483 g/mol. The normalized spacial score (nSPS) is 17.3. The van der Waals surface area contributed by atoms with Crippen LogP contribution in [0, 0.1) is 0 Å². The van der Waals surface area contributed by atoms with Crippen molar-refractivity contribution in [3.05, 3.63) is 76.4 Å². The maximum absolute atomic E-state index is 12.9. The zero-order chi connectivity index (χ0) is 23.2. The van der Waals surface area contributed by atoms with E-state index in [9.17, 15) is 13.2 Å². The van der Waals surface area contributed by atoms with E-state index in [1.54, 1.807) is 35.0 Å². The summed E-state index contributed by atoms with van der Waals surface area (Å²) in [6, 6.07) is 15.7. The molecule has 1 N–H and O–H groups in total. The number of rotatable bonds is 4. The van der Waals surface area contributed by atoms with Crippen LogP contribution >= 0.6 is 23.2 Å². The summed E-state index contributed by atoms with van der Waals surface area (Å²) in [5.41, 5.74) is 2.46. The van der Waals surface area contributed by atoms with Crippen LogP contribution in [0.3, 0.4) is 0 Å². The number of hydrogen-bond donors (Lipinski definition) is 1. The van der Waals surface area contributed by atoms with Gasteiger partial charge in [0.2, 0.25) is 0 Å². The molecule has 1 fully saturated rings. The first kappa shape index (κ1) is 21.9. The molecule has 0 radical (unpaired) electrons. The third kappa shape index (κ3) is 4.34. The Morgan fingerprint density at radius 2 is 1.91 bits per heavy atom. The lowest BCUT2D eigenvalue weighted by molar-refractivity contribution is 0.0941. The van der Waals surface area contributed by atoms with Crippen molar-refractivity contribution in [1.82, 2.24) is 20.1 Å². The van der Waals surface area contributed by atoms with E-state index in [4.69, 9.17) is 28.3 Å². The molecule has 0 aliphatic carbocycles. The van der Waals surface area contributed by atoms with Crippen LogP contribution in [-0.4, -0.2) is 46.6 Å². The van der Waals surface area contributed by atoms with Crippen LogP contribution in [0.4, 0.5) is 0 Å². The van der Waals surface area contributed by atoms with Gasteiger partial charge in [-0.3, -0.25) is 4.79 Å². The molecule has 2 aromatic carbocycles. The van der Waals surface area contributed by atoms with Gasteiger partial charge < -0.3 is 5.32 Å². The fourth-order valence-corrected chi connectivity index (χ4v) is 5.96. The van der Waals surface area contributed by atoms with Gasteiger partial charge in [-0.1, -0.05) is 41.4 Å². The van der Waals surface area contributed by atoms with Gasteiger partial charge in [0.15, 0.2) is 15.7 Å². The van der Waals surface area contributed by atoms with Crippen LogP contribution < -0.4 is 5.32 Å². The smallest absolute Gasteiger partial charge is 0.251 e. The Hall–Kier alpha value is -2.94. The van der Waals surface area contributed by atoms with Crippen molar-refractivity contribution in [3.63, 3.8) is 0 Å². The highest BCUT2D eigenvalue weighted by Gasteiger charge is 2.29. The van der Waals surface area contributed by atoms with E-state index >= 15 is 0 Å². The first-order valence-electron chi connectivity index (χ1n) is 10.2. The number of benzene rings is 2. The van der Waals surface area contributed by atoms with E-state index < -0.39 is 9.84 Å². The lowest BCUT2D eigenvalue weighted by Gasteiger charge is -2.11. The van der Waals surface area contributed by atoms with Crippen molar-refractivity contribution in [3.8, 4) is 17.1 Å². The fraction of sp³-hybridized carbons (Fsp3) is 0.174. The Morgan fingerprint density at radius 3 is 2.61 bits per heavy atom. The molecule has 1 aliphatic rings. The lowest BCUT2D eigenvalue weighted by Crippen LogP contribution is -2.35. The van der Waals surface area contributed by atoms with Crippen LogP contribution in [0.5, 0.6) is 0 Å². The Kier molecular flexibility index (Phi) is 5.60. The van der Waals surface area contributed by atoms with E-state index in [1.165, 1.54) is 6.20 Å². The van der Waals surface area contributed by atoms with Gasteiger partial charge in [0, 0.05) is 28.8 Å².